The van der Waals surface area contributed by atoms with Gasteiger partial charge in [-0.3, -0.25) is 0 Å². The van der Waals surface area contributed by atoms with Gasteiger partial charge < -0.3 is 14.4 Å². The molecule has 0 bridgehead atoms. The average molecular weight is 236 g/mol. The molecule has 0 saturated carbocycles. The lowest BCUT2D eigenvalue weighted by atomic mass is 10.1. The summed E-state index contributed by atoms with van der Waals surface area (Å²) in [4.78, 5) is 3.99. The number of hydrogen-bond acceptors (Lipinski definition) is 3. The van der Waals surface area contributed by atoms with Crippen molar-refractivity contribution in [3.8, 4) is 5.75 Å². The van der Waals surface area contributed by atoms with Crippen LogP contribution in [0.4, 0.5) is 4.39 Å². The second-order valence-electron chi connectivity index (χ2n) is 3.66. The lowest BCUT2D eigenvalue weighted by Crippen LogP contribution is -2.09. The second kappa shape index (κ2) is 4.55. The minimum atomic E-state index is -1.11. The van der Waals surface area contributed by atoms with E-state index in [1.807, 2.05) is 0 Å². The van der Waals surface area contributed by atoms with E-state index in [9.17, 15) is 9.50 Å². The van der Waals surface area contributed by atoms with Gasteiger partial charge in [0.25, 0.3) is 0 Å². The lowest BCUT2D eigenvalue weighted by molar-refractivity contribution is 0.199. The molecular formula is C12H13FN2O2. The minimum absolute atomic E-state index is 0.107. The maximum atomic E-state index is 13.9. The van der Waals surface area contributed by atoms with E-state index in [-0.39, 0.29) is 11.3 Å². The van der Waals surface area contributed by atoms with E-state index < -0.39 is 11.9 Å². The largest absolute Gasteiger partial charge is 0.494 e. The van der Waals surface area contributed by atoms with Crippen LogP contribution in [0.15, 0.2) is 30.6 Å². The van der Waals surface area contributed by atoms with E-state index in [1.165, 1.54) is 19.2 Å². The first-order valence-corrected chi connectivity index (χ1v) is 5.13. The van der Waals surface area contributed by atoms with Crippen LogP contribution in [0.3, 0.4) is 0 Å². The molecule has 1 heterocycles. The van der Waals surface area contributed by atoms with E-state index in [0.29, 0.717) is 5.82 Å². The van der Waals surface area contributed by atoms with Gasteiger partial charge in [-0.25, -0.2) is 9.37 Å². The molecule has 2 rings (SSSR count). The Morgan fingerprint density at radius 3 is 2.82 bits per heavy atom. The van der Waals surface area contributed by atoms with Gasteiger partial charge in [0.2, 0.25) is 0 Å². The third-order valence-electron chi connectivity index (χ3n) is 2.61. The van der Waals surface area contributed by atoms with Gasteiger partial charge in [0, 0.05) is 25.0 Å². The molecular weight excluding hydrogens is 223 g/mol. The molecule has 1 atom stereocenters. The molecule has 17 heavy (non-hydrogen) atoms. The van der Waals surface area contributed by atoms with Gasteiger partial charge in [-0.05, 0) is 6.07 Å². The maximum absolute atomic E-state index is 13.9. The molecule has 0 fully saturated rings. The van der Waals surface area contributed by atoms with Crippen molar-refractivity contribution in [3.63, 3.8) is 0 Å². The monoisotopic (exact) mass is 236 g/mol. The number of halogens is 1. The minimum Gasteiger partial charge on any atom is -0.494 e. The molecule has 1 aromatic carbocycles. The SMILES string of the molecule is COc1cccc(C(O)c2nccn2C)c1F. The van der Waals surface area contributed by atoms with E-state index in [2.05, 4.69) is 4.98 Å². The van der Waals surface area contributed by atoms with Crippen molar-refractivity contribution in [2.24, 2.45) is 7.05 Å². The summed E-state index contributed by atoms with van der Waals surface area (Å²) in [6.45, 7) is 0. The Morgan fingerprint density at radius 1 is 1.47 bits per heavy atom. The average Bonchev–Trinajstić information content (AvgIpc) is 2.75. The predicted octanol–water partition coefficient (Wildman–Crippen LogP) is 1.65. The normalized spacial score (nSPS) is 12.5. The predicted molar refractivity (Wildman–Crippen MR) is 60.2 cm³/mol. The number of hydrogen-bond donors (Lipinski definition) is 1. The molecule has 1 unspecified atom stereocenters. The van der Waals surface area contributed by atoms with Gasteiger partial charge in [-0.15, -0.1) is 0 Å². The van der Waals surface area contributed by atoms with E-state index in [4.69, 9.17) is 4.74 Å². The van der Waals surface area contributed by atoms with Crippen LogP contribution in [0.1, 0.15) is 17.5 Å². The third kappa shape index (κ3) is 2.01. The number of aliphatic hydroxyl groups is 1. The molecule has 1 aromatic heterocycles. The number of aliphatic hydroxyl groups excluding tert-OH is 1. The molecule has 0 radical (unpaired) electrons. The molecule has 0 amide bonds. The van der Waals surface area contributed by atoms with Gasteiger partial charge in [0.15, 0.2) is 11.6 Å². The summed E-state index contributed by atoms with van der Waals surface area (Å²) >= 11 is 0. The Bertz CT molecular complexity index is 525. The molecule has 5 heteroatoms. The molecule has 2 aromatic rings. The van der Waals surface area contributed by atoms with Crippen LogP contribution in [-0.2, 0) is 7.05 Å². The topological polar surface area (TPSA) is 47.3 Å². The van der Waals surface area contributed by atoms with Crippen LogP contribution in [0.5, 0.6) is 5.75 Å². The smallest absolute Gasteiger partial charge is 0.171 e. The molecule has 0 aliphatic carbocycles. The summed E-state index contributed by atoms with van der Waals surface area (Å²) in [5.41, 5.74) is 0.152. The standard InChI is InChI=1S/C12H13FN2O2/c1-15-7-6-14-12(15)11(16)8-4-3-5-9(17-2)10(8)13/h3-7,11,16H,1-2H3. The molecule has 0 saturated heterocycles. The van der Waals surface area contributed by atoms with Crippen LogP contribution in [-0.4, -0.2) is 21.8 Å². The van der Waals surface area contributed by atoms with Crippen molar-refractivity contribution in [1.82, 2.24) is 9.55 Å². The highest BCUT2D eigenvalue weighted by Crippen LogP contribution is 2.28. The van der Waals surface area contributed by atoms with Crippen molar-refractivity contribution in [3.05, 3.63) is 47.8 Å². The first-order valence-electron chi connectivity index (χ1n) is 5.13. The third-order valence-corrected chi connectivity index (χ3v) is 2.61. The Labute approximate surface area is 98.3 Å². The van der Waals surface area contributed by atoms with Crippen LogP contribution >= 0.6 is 0 Å². The van der Waals surface area contributed by atoms with Crippen LogP contribution in [0.2, 0.25) is 0 Å². The second-order valence-corrected chi connectivity index (χ2v) is 3.66. The van der Waals surface area contributed by atoms with Crippen LogP contribution < -0.4 is 4.74 Å². The highest BCUT2D eigenvalue weighted by Gasteiger charge is 2.20. The Hall–Kier alpha value is -1.88. The van der Waals surface area contributed by atoms with Crippen LogP contribution in [0, 0.1) is 5.82 Å². The first-order chi connectivity index (χ1) is 8.15. The van der Waals surface area contributed by atoms with Crippen LogP contribution in [0.25, 0.3) is 0 Å². The molecule has 90 valence electrons. The fourth-order valence-corrected chi connectivity index (χ4v) is 1.68. The number of aryl methyl sites for hydroxylation is 1. The van der Waals surface area contributed by atoms with Crippen molar-refractivity contribution < 1.29 is 14.2 Å². The van der Waals surface area contributed by atoms with E-state index in [0.717, 1.165) is 0 Å². The number of benzene rings is 1. The molecule has 0 aliphatic rings. The molecule has 0 aliphatic heterocycles. The fourth-order valence-electron chi connectivity index (χ4n) is 1.68. The number of rotatable bonds is 3. The Balaban J connectivity index is 2.44. The Morgan fingerprint density at radius 2 is 2.24 bits per heavy atom. The summed E-state index contributed by atoms with van der Waals surface area (Å²) in [5, 5.41) is 10.1. The molecule has 0 spiro atoms. The summed E-state index contributed by atoms with van der Waals surface area (Å²) in [7, 11) is 3.12. The van der Waals surface area contributed by atoms with Gasteiger partial charge in [-0.1, -0.05) is 12.1 Å². The summed E-state index contributed by atoms with van der Waals surface area (Å²) in [6, 6.07) is 4.64. The zero-order valence-electron chi connectivity index (χ0n) is 9.59. The zero-order valence-corrected chi connectivity index (χ0v) is 9.59. The number of imidazole rings is 1. The number of methoxy groups -OCH3 is 1. The van der Waals surface area contributed by atoms with Gasteiger partial charge in [-0.2, -0.15) is 0 Å². The maximum Gasteiger partial charge on any atom is 0.171 e. The summed E-state index contributed by atoms with van der Waals surface area (Å²) < 4.78 is 20.4. The summed E-state index contributed by atoms with van der Waals surface area (Å²) in [5.74, 6) is -0.0709. The molecule has 4 nitrogen and oxygen atoms in total. The molecule has 1 N–H and O–H groups in total. The van der Waals surface area contributed by atoms with Crippen molar-refractivity contribution in [2.45, 2.75) is 6.10 Å². The van der Waals surface area contributed by atoms with Gasteiger partial charge in [0.05, 0.1) is 7.11 Å². The number of aromatic nitrogens is 2. The number of ether oxygens (including phenoxy) is 1. The highest BCUT2D eigenvalue weighted by molar-refractivity contribution is 5.34. The summed E-state index contributed by atoms with van der Waals surface area (Å²) in [6.07, 6.45) is 2.14. The quantitative estimate of drug-likeness (QED) is 0.881. The van der Waals surface area contributed by atoms with Crippen molar-refractivity contribution >= 4 is 0 Å². The van der Waals surface area contributed by atoms with Crippen molar-refractivity contribution in [2.75, 3.05) is 7.11 Å². The highest BCUT2D eigenvalue weighted by atomic mass is 19.1. The fraction of sp³-hybridized carbons (Fsp3) is 0.250. The Kier molecular flexibility index (Phi) is 3.10. The van der Waals surface area contributed by atoms with Gasteiger partial charge in [0.1, 0.15) is 11.9 Å². The zero-order chi connectivity index (χ0) is 12.4. The number of nitrogens with zero attached hydrogens (tertiary/aromatic N) is 2. The van der Waals surface area contributed by atoms with Crippen molar-refractivity contribution in [1.29, 1.82) is 0 Å². The van der Waals surface area contributed by atoms with Gasteiger partial charge >= 0.3 is 0 Å². The first kappa shape index (κ1) is 11.6. The van der Waals surface area contributed by atoms with E-state index >= 15 is 0 Å². The van der Waals surface area contributed by atoms with E-state index in [1.54, 1.807) is 30.1 Å². The lowest BCUT2D eigenvalue weighted by Gasteiger charge is -2.13.